The van der Waals surface area contributed by atoms with E-state index in [2.05, 4.69) is 52.0 Å². The van der Waals surface area contributed by atoms with Gasteiger partial charge in [-0.1, -0.05) is 142 Å². The van der Waals surface area contributed by atoms with Gasteiger partial charge in [0.2, 0.25) is 0 Å². The molecule has 3 nitrogen and oxygen atoms in total. The summed E-state index contributed by atoms with van der Waals surface area (Å²) in [6, 6.07) is 0. The van der Waals surface area contributed by atoms with Crippen molar-refractivity contribution in [3.05, 3.63) is 24.3 Å². The molecule has 0 bridgehead atoms. The van der Waals surface area contributed by atoms with Gasteiger partial charge in [-0.05, 0) is 51.4 Å². The van der Waals surface area contributed by atoms with E-state index < -0.39 is 0 Å². The van der Waals surface area contributed by atoms with Crippen molar-refractivity contribution < 1.29 is 14.2 Å². The van der Waals surface area contributed by atoms with Gasteiger partial charge in [-0.2, -0.15) is 0 Å². The molecule has 3 heteroatoms. The number of ether oxygens (including phenoxy) is 3. The topological polar surface area (TPSA) is 27.7 Å². The van der Waals surface area contributed by atoms with Crippen LogP contribution in [-0.4, -0.2) is 26.8 Å². The Labute approximate surface area is 234 Å². The van der Waals surface area contributed by atoms with Crippen molar-refractivity contribution in [2.24, 2.45) is 0 Å². The fourth-order valence-electron chi connectivity index (χ4n) is 3.96. The van der Waals surface area contributed by atoms with Gasteiger partial charge in [0.1, 0.15) is 13.6 Å². The van der Waals surface area contributed by atoms with Crippen molar-refractivity contribution >= 4 is 0 Å². The van der Waals surface area contributed by atoms with Crippen molar-refractivity contribution in [3.8, 4) is 0 Å². The molecule has 0 fully saturated rings. The summed E-state index contributed by atoms with van der Waals surface area (Å²) in [5.41, 5.74) is 0. The van der Waals surface area contributed by atoms with Crippen LogP contribution < -0.4 is 0 Å². The Morgan fingerprint density at radius 3 is 1.19 bits per heavy atom. The number of unbranched alkanes of at least 4 members (excludes halogenated alkanes) is 17. The zero-order valence-corrected chi connectivity index (χ0v) is 25.9. The van der Waals surface area contributed by atoms with Gasteiger partial charge >= 0.3 is 0 Å². The van der Waals surface area contributed by atoms with Crippen LogP contribution in [0.25, 0.3) is 0 Å². The van der Waals surface area contributed by atoms with Gasteiger partial charge in [0.15, 0.2) is 0 Å². The van der Waals surface area contributed by atoms with Gasteiger partial charge in [0.05, 0.1) is 0 Å². The van der Waals surface area contributed by atoms with Crippen molar-refractivity contribution in [2.45, 2.75) is 169 Å². The first kappa shape index (κ1) is 38.5. The van der Waals surface area contributed by atoms with Crippen LogP contribution in [0, 0.1) is 0 Å². The number of hydrogen-bond donors (Lipinski definition) is 0. The lowest BCUT2D eigenvalue weighted by Gasteiger charge is -2.07. The molecular formula is C34H68O3. The van der Waals surface area contributed by atoms with Gasteiger partial charge in [0.25, 0.3) is 0 Å². The van der Waals surface area contributed by atoms with Crippen LogP contribution in [0.3, 0.4) is 0 Å². The van der Waals surface area contributed by atoms with E-state index in [1.165, 1.54) is 128 Å². The normalized spacial score (nSPS) is 11.5. The SMILES string of the molecule is CC/C=C/CCCCCCCC/C=C/CCCC.CCCCCCCOCOCOCCCCCCC. The average molecular weight is 525 g/mol. The van der Waals surface area contributed by atoms with E-state index in [1.807, 2.05) is 0 Å². The molecule has 0 atom stereocenters. The molecule has 0 heterocycles. The van der Waals surface area contributed by atoms with Crippen LogP contribution in [0.2, 0.25) is 0 Å². The molecular weight excluding hydrogens is 456 g/mol. The number of hydrogen-bond acceptors (Lipinski definition) is 3. The Bertz CT molecular complexity index is 403. The van der Waals surface area contributed by atoms with Crippen molar-refractivity contribution in [2.75, 3.05) is 26.8 Å². The first-order valence-corrected chi connectivity index (χ1v) is 16.4. The third-order valence-corrected chi connectivity index (χ3v) is 6.40. The monoisotopic (exact) mass is 525 g/mol. The molecule has 0 spiro atoms. The highest BCUT2D eigenvalue weighted by Gasteiger charge is 1.93. The quantitative estimate of drug-likeness (QED) is 0.0553. The average Bonchev–Trinajstić information content (AvgIpc) is 2.91. The molecule has 0 amide bonds. The zero-order valence-electron chi connectivity index (χ0n) is 25.9. The maximum Gasteiger partial charge on any atom is 0.149 e. The zero-order chi connectivity index (χ0) is 27.3. The second-order valence-electron chi connectivity index (χ2n) is 10.3. The van der Waals surface area contributed by atoms with E-state index in [1.54, 1.807) is 0 Å². The fourth-order valence-corrected chi connectivity index (χ4v) is 3.96. The van der Waals surface area contributed by atoms with Gasteiger partial charge in [-0.25, -0.2) is 0 Å². The molecule has 0 radical (unpaired) electrons. The summed E-state index contributed by atoms with van der Waals surface area (Å²) in [7, 11) is 0. The highest BCUT2D eigenvalue weighted by molar-refractivity contribution is 4.81. The Morgan fingerprint density at radius 2 is 0.730 bits per heavy atom. The van der Waals surface area contributed by atoms with Crippen molar-refractivity contribution in [1.29, 1.82) is 0 Å². The molecule has 0 aromatic rings. The highest BCUT2D eigenvalue weighted by atomic mass is 16.7. The lowest BCUT2D eigenvalue weighted by atomic mass is 10.1. The van der Waals surface area contributed by atoms with E-state index in [9.17, 15) is 0 Å². The lowest BCUT2D eigenvalue weighted by molar-refractivity contribution is -0.131. The van der Waals surface area contributed by atoms with Crippen LogP contribution >= 0.6 is 0 Å². The first-order valence-electron chi connectivity index (χ1n) is 16.4. The Balaban J connectivity index is 0. The molecule has 0 N–H and O–H groups in total. The van der Waals surface area contributed by atoms with Crippen LogP contribution in [0.15, 0.2) is 24.3 Å². The summed E-state index contributed by atoms with van der Waals surface area (Å²) in [6.45, 7) is 11.3. The maximum absolute atomic E-state index is 5.37. The third-order valence-electron chi connectivity index (χ3n) is 6.40. The van der Waals surface area contributed by atoms with Gasteiger partial charge < -0.3 is 14.2 Å². The molecule has 0 aliphatic heterocycles. The summed E-state index contributed by atoms with van der Waals surface area (Å²) in [4.78, 5) is 0. The van der Waals surface area contributed by atoms with Gasteiger partial charge in [0, 0.05) is 13.2 Å². The molecule has 37 heavy (non-hydrogen) atoms. The minimum atomic E-state index is 0.365. The fraction of sp³-hybridized carbons (Fsp3) is 0.882. The van der Waals surface area contributed by atoms with E-state index in [4.69, 9.17) is 14.2 Å². The summed E-state index contributed by atoms with van der Waals surface area (Å²) in [5, 5.41) is 0. The number of rotatable bonds is 29. The summed E-state index contributed by atoms with van der Waals surface area (Å²) >= 11 is 0. The molecule has 0 rings (SSSR count). The van der Waals surface area contributed by atoms with Crippen LogP contribution in [-0.2, 0) is 14.2 Å². The Kier molecular flexibility index (Phi) is 41.5. The Morgan fingerprint density at radius 1 is 0.351 bits per heavy atom. The van der Waals surface area contributed by atoms with Crippen LogP contribution in [0.1, 0.15) is 169 Å². The molecule has 0 aliphatic rings. The summed E-state index contributed by atoms with van der Waals surface area (Å²) < 4.78 is 16.0. The van der Waals surface area contributed by atoms with E-state index in [0.717, 1.165) is 26.1 Å². The van der Waals surface area contributed by atoms with E-state index in [0.29, 0.717) is 13.6 Å². The van der Waals surface area contributed by atoms with Gasteiger partial charge in [-0.15, -0.1) is 0 Å². The van der Waals surface area contributed by atoms with E-state index >= 15 is 0 Å². The minimum absolute atomic E-state index is 0.365. The van der Waals surface area contributed by atoms with Gasteiger partial charge in [-0.3, -0.25) is 0 Å². The second kappa shape index (κ2) is 39.9. The smallest absolute Gasteiger partial charge is 0.149 e. The summed E-state index contributed by atoms with van der Waals surface area (Å²) in [5.74, 6) is 0. The molecule has 0 saturated carbocycles. The minimum Gasteiger partial charge on any atom is -0.355 e. The number of allylic oxidation sites excluding steroid dienone is 4. The lowest BCUT2D eigenvalue weighted by Crippen LogP contribution is -2.06. The molecule has 0 aromatic carbocycles. The molecule has 0 aromatic heterocycles. The predicted octanol–water partition coefficient (Wildman–Crippen LogP) is 11.7. The molecule has 0 saturated heterocycles. The molecule has 0 aliphatic carbocycles. The second-order valence-corrected chi connectivity index (χ2v) is 10.3. The first-order chi connectivity index (χ1) is 18.3. The standard InChI is InChI=1S/C18H34.C16H34O3/c1-3-5-7-9-11-13-15-17-18-16-14-12-10-8-6-4-2;1-3-5-7-9-11-13-17-15-19-16-18-14-12-10-8-6-4-2/h5,7,10,12H,3-4,6,8-9,11,13-18H2,1-2H3;3-16H2,1-2H3/b7-5+,12-10+;. The third kappa shape index (κ3) is 42.7. The van der Waals surface area contributed by atoms with E-state index in [-0.39, 0.29) is 0 Å². The van der Waals surface area contributed by atoms with Crippen molar-refractivity contribution in [3.63, 3.8) is 0 Å². The molecule has 222 valence electrons. The van der Waals surface area contributed by atoms with Crippen LogP contribution in [0.4, 0.5) is 0 Å². The summed E-state index contributed by atoms with van der Waals surface area (Å²) in [6.07, 6.45) is 38.3. The predicted molar refractivity (Wildman–Crippen MR) is 165 cm³/mol. The van der Waals surface area contributed by atoms with Crippen LogP contribution in [0.5, 0.6) is 0 Å². The maximum atomic E-state index is 5.37. The largest absolute Gasteiger partial charge is 0.355 e. The molecule has 0 unspecified atom stereocenters. The Hall–Kier alpha value is -0.640. The van der Waals surface area contributed by atoms with Crippen molar-refractivity contribution in [1.82, 2.24) is 0 Å². The highest BCUT2D eigenvalue weighted by Crippen LogP contribution is 2.10.